The third-order valence-electron chi connectivity index (χ3n) is 2.49. The number of hydrogen-bond donors (Lipinski definition) is 2. The summed E-state index contributed by atoms with van der Waals surface area (Å²) in [5.74, 6) is 0.318. The highest BCUT2D eigenvalue weighted by molar-refractivity contribution is 5.76. The standard InChI is InChI=1S/C10H16N6O3/c1-11-8(17)4-5-15(3)9-7(16(18)19)6-13-10(12-2)14-9/h6H,4-5H2,1-3H3,(H,11,17)(H,12,13,14). The van der Waals surface area contributed by atoms with E-state index in [4.69, 9.17) is 0 Å². The van der Waals surface area contributed by atoms with Crippen molar-refractivity contribution in [1.29, 1.82) is 0 Å². The number of nitrogens with one attached hydrogen (secondary N) is 2. The van der Waals surface area contributed by atoms with E-state index in [1.165, 1.54) is 7.05 Å². The zero-order valence-corrected chi connectivity index (χ0v) is 11.0. The van der Waals surface area contributed by atoms with Crippen LogP contribution in [0.3, 0.4) is 0 Å². The monoisotopic (exact) mass is 268 g/mol. The van der Waals surface area contributed by atoms with Crippen LogP contribution in [0.15, 0.2) is 6.20 Å². The van der Waals surface area contributed by atoms with E-state index in [1.54, 1.807) is 19.0 Å². The SMILES string of the molecule is CNC(=O)CCN(C)c1nc(NC)ncc1[N+](=O)[O-]. The van der Waals surface area contributed by atoms with Crippen molar-refractivity contribution < 1.29 is 9.72 Å². The number of amides is 1. The van der Waals surface area contributed by atoms with Crippen LogP contribution >= 0.6 is 0 Å². The van der Waals surface area contributed by atoms with Crippen LogP contribution in [0.4, 0.5) is 17.5 Å². The molecule has 0 saturated heterocycles. The van der Waals surface area contributed by atoms with E-state index in [9.17, 15) is 14.9 Å². The van der Waals surface area contributed by atoms with E-state index < -0.39 is 4.92 Å². The van der Waals surface area contributed by atoms with Gasteiger partial charge >= 0.3 is 5.69 Å². The summed E-state index contributed by atoms with van der Waals surface area (Å²) < 4.78 is 0. The zero-order valence-electron chi connectivity index (χ0n) is 11.0. The van der Waals surface area contributed by atoms with Crippen molar-refractivity contribution in [2.45, 2.75) is 6.42 Å². The molecule has 9 heteroatoms. The van der Waals surface area contributed by atoms with E-state index in [1.807, 2.05) is 0 Å². The lowest BCUT2D eigenvalue weighted by Crippen LogP contribution is -2.27. The Bertz CT molecular complexity index is 478. The van der Waals surface area contributed by atoms with Crippen molar-refractivity contribution in [1.82, 2.24) is 15.3 Å². The minimum absolute atomic E-state index is 0.141. The maximum Gasteiger partial charge on any atom is 0.329 e. The maximum atomic E-state index is 11.2. The number of nitrogens with zero attached hydrogens (tertiary/aromatic N) is 4. The molecule has 0 aliphatic carbocycles. The van der Waals surface area contributed by atoms with E-state index in [2.05, 4.69) is 20.6 Å². The van der Waals surface area contributed by atoms with Gasteiger partial charge < -0.3 is 15.5 Å². The van der Waals surface area contributed by atoms with Crippen LogP contribution in [0, 0.1) is 10.1 Å². The number of aromatic nitrogens is 2. The number of carbonyl (C=O) groups excluding carboxylic acids is 1. The Morgan fingerprint density at radius 3 is 2.74 bits per heavy atom. The first-order valence-electron chi connectivity index (χ1n) is 5.60. The summed E-state index contributed by atoms with van der Waals surface area (Å²) in [4.78, 5) is 30.9. The molecule has 0 fully saturated rings. The maximum absolute atomic E-state index is 11.2. The van der Waals surface area contributed by atoms with Crippen molar-refractivity contribution in [3.8, 4) is 0 Å². The molecular formula is C10H16N6O3. The molecule has 0 radical (unpaired) electrons. The fourth-order valence-corrected chi connectivity index (χ4v) is 1.40. The van der Waals surface area contributed by atoms with Crippen molar-refractivity contribution in [2.75, 3.05) is 37.9 Å². The second-order valence-electron chi connectivity index (χ2n) is 3.75. The fraction of sp³-hybridized carbons (Fsp3) is 0.500. The average Bonchev–Trinajstić information content (AvgIpc) is 2.43. The molecule has 2 N–H and O–H groups in total. The number of nitro groups is 1. The summed E-state index contributed by atoms with van der Waals surface area (Å²) in [6, 6.07) is 0. The van der Waals surface area contributed by atoms with Crippen LogP contribution in [0.2, 0.25) is 0 Å². The van der Waals surface area contributed by atoms with Gasteiger partial charge in [0.05, 0.1) is 4.92 Å². The Labute approximate surface area is 110 Å². The Kier molecular flexibility index (Phi) is 4.98. The quantitative estimate of drug-likeness (QED) is 0.551. The Hall–Kier alpha value is -2.45. The third-order valence-corrected chi connectivity index (χ3v) is 2.49. The van der Waals surface area contributed by atoms with Gasteiger partial charge in [-0.1, -0.05) is 0 Å². The number of anilines is 2. The molecule has 0 unspecified atom stereocenters. The van der Waals surface area contributed by atoms with E-state index in [-0.39, 0.29) is 29.8 Å². The molecule has 1 aromatic heterocycles. The van der Waals surface area contributed by atoms with E-state index in [0.29, 0.717) is 6.54 Å². The van der Waals surface area contributed by atoms with Crippen LogP contribution in [-0.4, -0.2) is 48.5 Å². The van der Waals surface area contributed by atoms with Gasteiger partial charge in [-0.05, 0) is 0 Å². The van der Waals surface area contributed by atoms with Crippen molar-refractivity contribution in [3.63, 3.8) is 0 Å². The molecule has 1 aromatic rings. The molecule has 104 valence electrons. The number of carbonyl (C=O) groups is 1. The molecule has 0 aliphatic rings. The van der Waals surface area contributed by atoms with Gasteiger partial charge in [0.15, 0.2) is 0 Å². The van der Waals surface area contributed by atoms with Crippen molar-refractivity contribution in [2.24, 2.45) is 0 Å². The van der Waals surface area contributed by atoms with Gasteiger partial charge in [0, 0.05) is 34.1 Å². The molecule has 1 rings (SSSR count). The first-order valence-corrected chi connectivity index (χ1v) is 5.60. The van der Waals surface area contributed by atoms with E-state index in [0.717, 1.165) is 6.20 Å². The normalized spacial score (nSPS) is 9.84. The fourth-order valence-electron chi connectivity index (χ4n) is 1.40. The lowest BCUT2D eigenvalue weighted by Gasteiger charge is -2.17. The largest absolute Gasteiger partial charge is 0.359 e. The molecule has 19 heavy (non-hydrogen) atoms. The molecule has 9 nitrogen and oxygen atoms in total. The highest BCUT2D eigenvalue weighted by Crippen LogP contribution is 2.24. The highest BCUT2D eigenvalue weighted by Gasteiger charge is 2.20. The second kappa shape index (κ2) is 6.47. The van der Waals surface area contributed by atoms with Gasteiger partial charge in [0.25, 0.3) is 0 Å². The lowest BCUT2D eigenvalue weighted by atomic mass is 10.3. The summed E-state index contributed by atoms with van der Waals surface area (Å²) in [5.41, 5.74) is -0.196. The first-order chi connectivity index (χ1) is 8.99. The molecule has 0 bridgehead atoms. The first kappa shape index (κ1) is 14.6. The van der Waals surface area contributed by atoms with Gasteiger partial charge in [-0.25, -0.2) is 4.98 Å². The predicted octanol–water partition coefficient (Wildman–Crippen LogP) is -0.00120. The van der Waals surface area contributed by atoms with Gasteiger partial charge in [0.2, 0.25) is 17.7 Å². The van der Waals surface area contributed by atoms with Crippen molar-refractivity contribution in [3.05, 3.63) is 16.3 Å². The Balaban J connectivity index is 2.95. The molecule has 0 aliphatic heterocycles. The van der Waals surface area contributed by atoms with Crippen LogP contribution in [0.25, 0.3) is 0 Å². The molecule has 0 atom stereocenters. The lowest BCUT2D eigenvalue weighted by molar-refractivity contribution is -0.384. The molecule has 0 saturated carbocycles. The highest BCUT2D eigenvalue weighted by atomic mass is 16.6. The summed E-state index contributed by atoms with van der Waals surface area (Å²) >= 11 is 0. The Morgan fingerprint density at radius 1 is 1.53 bits per heavy atom. The number of hydrogen-bond acceptors (Lipinski definition) is 7. The van der Waals surface area contributed by atoms with Gasteiger partial charge in [-0.2, -0.15) is 4.98 Å². The zero-order chi connectivity index (χ0) is 14.4. The van der Waals surface area contributed by atoms with Gasteiger partial charge in [-0.15, -0.1) is 0 Å². The molecule has 1 amide bonds. The Morgan fingerprint density at radius 2 is 2.21 bits per heavy atom. The van der Waals surface area contributed by atoms with Crippen LogP contribution < -0.4 is 15.5 Å². The van der Waals surface area contributed by atoms with Crippen LogP contribution in [0.1, 0.15) is 6.42 Å². The van der Waals surface area contributed by atoms with Crippen LogP contribution in [-0.2, 0) is 4.79 Å². The average molecular weight is 268 g/mol. The van der Waals surface area contributed by atoms with Gasteiger partial charge in [0.1, 0.15) is 6.20 Å². The second-order valence-corrected chi connectivity index (χ2v) is 3.75. The summed E-state index contributed by atoms with van der Waals surface area (Å²) in [6.45, 7) is 0.320. The molecular weight excluding hydrogens is 252 g/mol. The minimum Gasteiger partial charge on any atom is -0.359 e. The summed E-state index contributed by atoms with van der Waals surface area (Å²) in [6.07, 6.45) is 1.37. The third kappa shape index (κ3) is 3.76. The van der Waals surface area contributed by atoms with Crippen molar-refractivity contribution >= 4 is 23.4 Å². The summed E-state index contributed by atoms with van der Waals surface area (Å²) in [7, 11) is 4.79. The van der Waals surface area contributed by atoms with E-state index >= 15 is 0 Å². The molecule has 0 spiro atoms. The minimum atomic E-state index is -0.550. The molecule has 0 aromatic carbocycles. The van der Waals surface area contributed by atoms with Crippen LogP contribution in [0.5, 0.6) is 0 Å². The predicted molar refractivity (Wildman–Crippen MR) is 70.2 cm³/mol. The smallest absolute Gasteiger partial charge is 0.329 e. The molecule has 1 heterocycles. The van der Waals surface area contributed by atoms with Gasteiger partial charge in [-0.3, -0.25) is 14.9 Å². The summed E-state index contributed by atoms with van der Waals surface area (Å²) in [5, 5.41) is 16.1. The number of rotatable bonds is 6. The topological polar surface area (TPSA) is 113 Å².